The standard InChI is InChI=1S/C24H27F3N4O2S/c1-4-31(24(34)28-14-32-5-2)23-20(17-11-18(25)21(27)19(26)12-17)22(29-30-23)15(3)33-13-16-9-7-6-8-10-16/h6-12,15H,4-5,13-14H2,1-3H3,(H,28,34)(H,29,30). The van der Waals surface area contributed by atoms with E-state index in [2.05, 4.69) is 15.5 Å². The summed E-state index contributed by atoms with van der Waals surface area (Å²) in [6.45, 7) is 6.92. The molecule has 6 nitrogen and oxygen atoms in total. The molecule has 0 saturated carbocycles. The number of anilines is 1. The van der Waals surface area contributed by atoms with Crippen LogP contribution < -0.4 is 10.2 Å². The minimum atomic E-state index is -1.54. The second-order valence-electron chi connectivity index (χ2n) is 7.39. The molecule has 0 radical (unpaired) electrons. The number of aromatic nitrogens is 2. The van der Waals surface area contributed by atoms with Crippen LogP contribution in [0.1, 0.15) is 38.1 Å². The number of ether oxygens (including phenoxy) is 2. The van der Waals surface area contributed by atoms with Crippen molar-refractivity contribution in [2.75, 3.05) is 24.8 Å². The van der Waals surface area contributed by atoms with Crippen molar-refractivity contribution in [2.24, 2.45) is 0 Å². The van der Waals surface area contributed by atoms with Gasteiger partial charge in [-0.3, -0.25) is 5.10 Å². The Morgan fingerprint density at radius 3 is 2.44 bits per heavy atom. The molecule has 2 N–H and O–H groups in total. The lowest BCUT2D eigenvalue weighted by Gasteiger charge is -2.24. The first-order chi connectivity index (χ1) is 16.4. The van der Waals surface area contributed by atoms with E-state index < -0.39 is 23.6 Å². The van der Waals surface area contributed by atoms with Gasteiger partial charge >= 0.3 is 0 Å². The van der Waals surface area contributed by atoms with E-state index in [0.29, 0.717) is 41.9 Å². The smallest absolute Gasteiger partial charge is 0.194 e. The highest BCUT2D eigenvalue weighted by molar-refractivity contribution is 7.80. The minimum absolute atomic E-state index is 0.108. The Labute approximate surface area is 202 Å². The number of aromatic amines is 1. The molecule has 0 spiro atoms. The summed E-state index contributed by atoms with van der Waals surface area (Å²) < 4.78 is 53.3. The predicted octanol–water partition coefficient (Wildman–Crippen LogP) is 5.47. The molecule has 1 unspecified atom stereocenters. The normalized spacial score (nSPS) is 11.9. The van der Waals surface area contributed by atoms with Gasteiger partial charge in [-0.1, -0.05) is 30.3 Å². The topological polar surface area (TPSA) is 62.4 Å². The molecule has 0 aliphatic heterocycles. The Kier molecular flexibility index (Phi) is 9.03. The molecule has 3 aromatic rings. The molecule has 34 heavy (non-hydrogen) atoms. The van der Waals surface area contributed by atoms with Crippen molar-refractivity contribution in [3.05, 3.63) is 71.2 Å². The predicted molar refractivity (Wildman–Crippen MR) is 129 cm³/mol. The first-order valence-corrected chi connectivity index (χ1v) is 11.3. The second-order valence-corrected chi connectivity index (χ2v) is 7.78. The molecule has 0 fully saturated rings. The van der Waals surface area contributed by atoms with Crippen molar-refractivity contribution in [1.82, 2.24) is 15.5 Å². The molecular weight excluding hydrogens is 465 g/mol. The van der Waals surface area contributed by atoms with Crippen LogP contribution in [0.5, 0.6) is 0 Å². The van der Waals surface area contributed by atoms with Gasteiger partial charge in [-0.05, 0) is 56.2 Å². The maximum atomic E-state index is 14.2. The van der Waals surface area contributed by atoms with Gasteiger partial charge in [0, 0.05) is 13.2 Å². The Hall–Kier alpha value is -2.95. The van der Waals surface area contributed by atoms with Crippen molar-refractivity contribution in [2.45, 2.75) is 33.5 Å². The van der Waals surface area contributed by atoms with Crippen molar-refractivity contribution < 1.29 is 22.6 Å². The molecule has 182 valence electrons. The van der Waals surface area contributed by atoms with E-state index in [-0.39, 0.29) is 12.3 Å². The maximum Gasteiger partial charge on any atom is 0.194 e. The first kappa shape index (κ1) is 25.7. The van der Waals surface area contributed by atoms with Crippen molar-refractivity contribution >= 4 is 23.1 Å². The Morgan fingerprint density at radius 2 is 1.82 bits per heavy atom. The van der Waals surface area contributed by atoms with Gasteiger partial charge in [0.2, 0.25) is 0 Å². The lowest BCUT2D eigenvalue weighted by molar-refractivity contribution is 0.0501. The number of H-pyrrole nitrogens is 1. The summed E-state index contributed by atoms with van der Waals surface area (Å²) in [4.78, 5) is 1.68. The molecule has 3 rings (SSSR count). The Morgan fingerprint density at radius 1 is 1.15 bits per heavy atom. The summed E-state index contributed by atoms with van der Waals surface area (Å²) in [5.74, 6) is -3.74. The zero-order chi connectivity index (χ0) is 24.7. The van der Waals surface area contributed by atoms with Gasteiger partial charge < -0.3 is 19.7 Å². The molecular formula is C24H27F3N4O2S. The average molecular weight is 493 g/mol. The lowest BCUT2D eigenvalue weighted by atomic mass is 10.0. The molecule has 0 amide bonds. The second kappa shape index (κ2) is 12.0. The number of rotatable bonds is 10. The number of benzene rings is 2. The fourth-order valence-corrected chi connectivity index (χ4v) is 3.69. The lowest BCUT2D eigenvalue weighted by Crippen LogP contribution is -2.41. The number of thiocarbonyl (C=S) groups is 1. The third-order valence-electron chi connectivity index (χ3n) is 5.14. The van der Waals surface area contributed by atoms with Crippen LogP contribution in [0.3, 0.4) is 0 Å². The van der Waals surface area contributed by atoms with Gasteiger partial charge in [-0.25, -0.2) is 13.2 Å². The quantitative estimate of drug-likeness (QED) is 0.169. The molecule has 0 saturated heterocycles. The molecule has 1 heterocycles. The summed E-state index contributed by atoms with van der Waals surface area (Å²) in [5, 5.41) is 10.6. The van der Waals surface area contributed by atoms with E-state index in [1.165, 1.54) is 0 Å². The van der Waals surface area contributed by atoms with E-state index in [1.54, 1.807) is 11.8 Å². The molecule has 0 aliphatic rings. The third kappa shape index (κ3) is 5.94. The monoisotopic (exact) mass is 492 g/mol. The van der Waals surface area contributed by atoms with Gasteiger partial charge in [0.15, 0.2) is 22.6 Å². The average Bonchev–Trinajstić information content (AvgIpc) is 3.27. The number of halogens is 3. The fourth-order valence-electron chi connectivity index (χ4n) is 3.41. The van der Waals surface area contributed by atoms with Crippen LogP contribution in [0.4, 0.5) is 19.0 Å². The van der Waals surface area contributed by atoms with Gasteiger partial charge in [0.1, 0.15) is 18.2 Å². The molecule has 2 aromatic carbocycles. The van der Waals surface area contributed by atoms with E-state index in [4.69, 9.17) is 21.7 Å². The molecule has 1 aromatic heterocycles. The van der Waals surface area contributed by atoms with Crippen molar-refractivity contribution in [3.63, 3.8) is 0 Å². The summed E-state index contributed by atoms with van der Waals surface area (Å²) >= 11 is 5.49. The molecule has 0 bridgehead atoms. The van der Waals surface area contributed by atoms with Crippen molar-refractivity contribution in [1.29, 1.82) is 0 Å². The van der Waals surface area contributed by atoms with Crippen LogP contribution >= 0.6 is 12.2 Å². The van der Waals surface area contributed by atoms with Gasteiger partial charge in [-0.15, -0.1) is 0 Å². The van der Waals surface area contributed by atoms with Crippen LogP contribution in [0.2, 0.25) is 0 Å². The summed E-state index contributed by atoms with van der Waals surface area (Å²) in [7, 11) is 0. The van der Waals surface area contributed by atoms with Crippen LogP contribution in [0.25, 0.3) is 11.1 Å². The number of nitrogens with one attached hydrogen (secondary N) is 2. The fraction of sp³-hybridized carbons (Fsp3) is 0.333. The molecule has 10 heteroatoms. The summed E-state index contributed by atoms with van der Waals surface area (Å²) in [6.07, 6.45) is -0.556. The van der Waals surface area contributed by atoms with E-state index in [0.717, 1.165) is 17.7 Å². The maximum absolute atomic E-state index is 14.2. The van der Waals surface area contributed by atoms with E-state index in [1.807, 2.05) is 44.2 Å². The van der Waals surface area contributed by atoms with Crippen LogP contribution in [-0.4, -0.2) is 35.2 Å². The molecule has 1 atom stereocenters. The Bertz CT molecular complexity index is 1090. The van der Waals surface area contributed by atoms with E-state index in [9.17, 15) is 13.2 Å². The van der Waals surface area contributed by atoms with E-state index >= 15 is 0 Å². The van der Waals surface area contributed by atoms with Crippen LogP contribution in [0, 0.1) is 17.5 Å². The van der Waals surface area contributed by atoms with Crippen molar-refractivity contribution in [3.8, 4) is 11.1 Å². The number of hydrogen-bond acceptors (Lipinski definition) is 4. The zero-order valence-corrected chi connectivity index (χ0v) is 20.0. The Balaban J connectivity index is 2.01. The highest BCUT2D eigenvalue weighted by Crippen LogP contribution is 2.38. The third-order valence-corrected chi connectivity index (χ3v) is 5.50. The van der Waals surface area contributed by atoms with Crippen LogP contribution in [0.15, 0.2) is 42.5 Å². The number of nitrogens with zero attached hydrogens (tertiary/aromatic N) is 2. The van der Waals surface area contributed by atoms with Crippen LogP contribution in [-0.2, 0) is 16.1 Å². The van der Waals surface area contributed by atoms with Gasteiger partial charge in [-0.2, -0.15) is 5.10 Å². The summed E-state index contributed by atoms with van der Waals surface area (Å²) in [5.41, 5.74) is 1.83. The number of hydrogen-bond donors (Lipinski definition) is 2. The van der Waals surface area contributed by atoms with Gasteiger partial charge in [0.25, 0.3) is 0 Å². The first-order valence-electron chi connectivity index (χ1n) is 10.9. The van der Waals surface area contributed by atoms with Gasteiger partial charge in [0.05, 0.1) is 18.3 Å². The SMILES string of the molecule is CCOCNC(=S)N(CC)c1[nH]nc(C(C)OCc2ccccc2)c1-c1cc(F)c(F)c(F)c1. The highest BCUT2D eigenvalue weighted by Gasteiger charge is 2.27. The zero-order valence-electron chi connectivity index (χ0n) is 19.2. The summed E-state index contributed by atoms with van der Waals surface area (Å²) in [6, 6.07) is 11.4. The highest BCUT2D eigenvalue weighted by atomic mass is 32.1. The largest absolute Gasteiger partial charge is 0.367 e. The molecule has 0 aliphatic carbocycles. The minimum Gasteiger partial charge on any atom is -0.367 e.